The van der Waals surface area contributed by atoms with E-state index in [2.05, 4.69) is 30.4 Å². The van der Waals surface area contributed by atoms with E-state index in [-0.39, 0.29) is 0 Å². The van der Waals surface area contributed by atoms with E-state index in [4.69, 9.17) is 4.74 Å². The Labute approximate surface area is 98.0 Å². The number of benzene rings is 1. The van der Waals surface area contributed by atoms with Gasteiger partial charge in [0.15, 0.2) is 0 Å². The summed E-state index contributed by atoms with van der Waals surface area (Å²) in [7, 11) is 3.76. The highest BCUT2D eigenvalue weighted by molar-refractivity contribution is 5.38. The summed E-state index contributed by atoms with van der Waals surface area (Å²) < 4.78 is 5.28. The van der Waals surface area contributed by atoms with Crippen molar-refractivity contribution in [2.75, 3.05) is 20.7 Å². The molecule has 1 aromatic carbocycles. The van der Waals surface area contributed by atoms with Crippen molar-refractivity contribution in [1.82, 2.24) is 5.32 Å². The predicted molar refractivity (Wildman–Crippen MR) is 67.1 cm³/mol. The first kappa shape index (κ1) is 11.5. The third-order valence-corrected chi connectivity index (χ3v) is 3.62. The second-order valence-electron chi connectivity index (χ2n) is 4.82. The lowest BCUT2D eigenvalue weighted by atomic mass is 9.71. The quantitative estimate of drug-likeness (QED) is 0.840. The van der Waals surface area contributed by atoms with Crippen LogP contribution < -0.4 is 10.1 Å². The van der Waals surface area contributed by atoms with Gasteiger partial charge in [0, 0.05) is 0 Å². The normalized spacial score (nSPS) is 23.9. The molecule has 1 aliphatic carbocycles. The fourth-order valence-corrected chi connectivity index (χ4v) is 2.62. The molecule has 0 heterocycles. The summed E-state index contributed by atoms with van der Waals surface area (Å²) >= 11 is 0. The standard InChI is InChI=1S/C14H21NO/c1-10-6-12(4-5-14(10)16-3)13-7-11(8-13)9-15-2/h4-6,11,13,15H,7-9H2,1-3H3. The van der Waals surface area contributed by atoms with Crippen LogP contribution in [0.25, 0.3) is 0 Å². The van der Waals surface area contributed by atoms with Crippen LogP contribution in [0.15, 0.2) is 18.2 Å². The molecule has 0 bridgehead atoms. The Morgan fingerprint density at radius 1 is 1.38 bits per heavy atom. The van der Waals surface area contributed by atoms with Gasteiger partial charge >= 0.3 is 0 Å². The van der Waals surface area contributed by atoms with Crippen molar-refractivity contribution in [3.05, 3.63) is 29.3 Å². The van der Waals surface area contributed by atoms with Crippen LogP contribution >= 0.6 is 0 Å². The largest absolute Gasteiger partial charge is 0.496 e. The molecule has 2 heteroatoms. The third-order valence-electron chi connectivity index (χ3n) is 3.62. The smallest absolute Gasteiger partial charge is 0.121 e. The number of methoxy groups -OCH3 is 1. The van der Waals surface area contributed by atoms with Crippen LogP contribution in [0.4, 0.5) is 0 Å². The second-order valence-corrected chi connectivity index (χ2v) is 4.82. The molecule has 1 N–H and O–H groups in total. The second kappa shape index (κ2) is 4.88. The Morgan fingerprint density at radius 3 is 2.69 bits per heavy atom. The monoisotopic (exact) mass is 219 g/mol. The van der Waals surface area contributed by atoms with Gasteiger partial charge in [-0.05, 0) is 62.4 Å². The topological polar surface area (TPSA) is 21.3 Å². The zero-order valence-corrected chi connectivity index (χ0v) is 10.4. The number of ether oxygens (including phenoxy) is 1. The Morgan fingerprint density at radius 2 is 2.12 bits per heavy atom. The molecule has 1 aromatic rings. The summed E-state index contributed by atoms with van der Waals surface area (Å²) in [4.78, 5) is 0. The number of hydrogen-bond donors (Lipinski definition) is 1. The maximum Gasteiger partial charge on any atom is 0.121 e. The zero-order valence-electron chi connectivity index (χ0n) is 10.4. The van der Waals surface area contributed by atoms with E-state index in [1.54, 1.807) is 7.11 Å². The van der Waals surface area contributed by atoms with Crippen LogP contribution in [0.5, 0.6) is 5.75 Å². The molecule has 2 rings (SSSR count). The maximum atomic E-state index is 5.28. The van der Waals surface area contributed by atoms with Crippen molar-refractivity contribution < 1.29 is 4.74 Å². The molecule has 88 valence electrons. The Bertz CT molecular complexity index is 356. The Balaban J connectivity index is 1.99. The summed E-state index contributed by atoms with van der Waals surface area (Å²) in [6, 6.07) is 6.58. The number of rotatable bonds is 4. The van der Waals surface area contributed by atoms with Crippen molar-refractivity contribution in [2.45, 2.75) is 25.7 Å². The minimum absolute atomic E-state index is 0.767. The molecule has 16 heavy (non-hydrogen) atoms. The van der Waals surface area contributed by atoms with Gasteiger partial charge in [0.05, 0.1) is 7.11 Å². The Kier molecular flexibility index (Phi) is 3.49. The molecule has 1 saturated carbocycles. The summed E-state index contributed by atoms with van der Waals surface area (Å²) in [6.07, 6.45) is 2.65. The molecule has 0 amide bonds. The van der Waals surface area contributed by atoms with E-state index >= 15 is 0 Å². The summed E-state index contributed by atoms with van der Waals surface area (Å²) in [6.45, 7) is 3.28. The first-order valence-corrected chi connectivity index (χ1v) is 6.03. The molecule has 0 unspecified atom stereocenters. The molecule has 0 radical (unpaired) electrons. The molecular weight excluding hydrogens is 198 g/mol. The van der Waals surface area contributed by atoms with Crippen LogP contribution in [-0.4, -0.2) is 20.7 Å². The lowest BCUT2D eigenvalue weighted by Crippen LogP contribution is -2.30. The van der Waals surface area contributed by atoms with Crippen molar-refractivity contribution in [3.8, 4) is 5.75 Å². The Hall–Kier alpha value is -1.02. The van der Waals surface area contributed by atoms with Crippen LogP contribution in [0.1, 0.15) is 29.9 Å². The molecule has 0 atom stereocenters. The zero-order chi connectivity index (χ0) is 11.5. The maximum absolute atomic E-state index is 5.28. The lowest BCUT2D eigenvalue weighted by Gasteiger charge is -2.35. The van der Waals surface area contributed by atoms with Gasteiger partial charge in [-0.3, -0.25) is 0 Å². The number of hydrogen-bond acceptors (Lipinski definition) is 2. The van der Waals surface area contributed by atoms with Gasteiger partial charge in [-0.1, -0.05) is 12.1 Å². The van der Waals surface area contributed by atoms with Crippen molar-refractivity contribution in [2.24, 2.45) is 5.92 Å². The van der Waals surface area contributed by atoms with Crippen LogP contribution in [0.3, 0.4) is 0 Å². The molecule has 2 nitrogen and oxygen atoms in total. The minimum Gasteiger partial charge on any atom is -0.496 e. The fourth-order valence-electron chi connectivity index (χ4n) is 2.62. The van der Waals surface area contributed by atoms with Crippen LogP contribution in [0, 0.1) is 12.8 Å². The van der Waals surface area contributed by atoms with Gasteiger partial charge in [-0.15, -0.1) is 0 Å². The SMILES string of the molecule is CNCC1CC(c2ccc(OC)c(C)c2)C1. The van der Waals surface area contributed by atoms with E-state index in [9.17, 15) is 0 Å². The molecule has 0 saturated heterocycles. The highest BCUT2D eigenvalue weighted by Crippen LogP contribution is 2.42. The summed E-state index contributed by atoms with van der Waals surface area (Å²) in [5.74, 6) is 2.63. The lowest BCUT2D eigenvalue weighted by molar-refractivity contribution is 0.259. The first-order chi connectivity index (χ1) is 7.74. The number of nitrogens with one attached hydrogen (secondary N) is 1. The average Bonchev–Trinajstić information content (AvgIpc) is 2.22. The van der Waals surface area contributed by atoms with E-state index in [0.29, 0.717) is 0 Å². The van der Waals surface area contributed by atoms with E-state index in [1.807, 2.05) is 7.05 Å². The number of aryl methyl sites for hydroxylation is 1. The average molecular weight is 219 g/mol. The highest BCUT2D eigenvalue weighted by Gasteiger charge is 2.29. The minimum atomic E-state index is 0.767. The predicted octanol–water partition coefficient (Wildman–Crippen LogP) is 2.72. The van der Waals surface area contributed by atoms with Crippen molar-refractivity contribution in [3.63, 3.8) is 0 Å². The molecule has 1 fully saturated rings. The van der Waals surface area contributed by atoms with Crippen molar-refractivity contribution in [1.29, 1.82) is 0 Å². The molecule has 0 spiro atoms. The van der Waals surface area contributed by atoms with Gasteiger partial charge in [0.25, 0.3) is 0 Å². The van der Waals surface area contributed by atoms with Gasteiger partial charge in [-0.25, -0.2) is 0 Å². The van der Waals surface area contributed by atoms with Crippen LogP contribution in [0.2, 0.25) is 0 Å². The van der Waals surface area contributed by atoms with Gasteiger partial charge in [0.1, 0.15) is 5.75 Å². The molecule has 0 aromatic heterocycles. The van der Waals surface area contributed by atoms with Gasteiger partial charge in [-0.2, -0.15) is 0 Å². The van der Waals surface area contributed by atoms with E-state index in [0.717, 1.165) is 24.1 Å². The van der Waals surface area contributed by atoms with Gasteiger partial charge < -0.3 is 10.1 Å². The third kappa shape index (κ3) is 2.22. The summed E-state index contributed by atoms with van der Waals surface area (Å²) in [5.41, 5.74) is 2.72. The van der Waals surface area contributed by atoms with Gasteiger partial charge in [0.2, 0.25) is 0 Å². The molecule has 1 aliphatic rings. The summed E-state index contributed by atoms with van der Waals surface area (Å²) in [5, 5.41) is 3.25. The first-order valence-electron chi connectivity index (χ1n) is 6.03. The van der Waals surface area contributed by atoms with Crippen LogP contribution in [-0.2, 0) is 0 Å². The van der Waals surface area contributed by atoms with E-state index in [1.165, 1.54) is 24.0 Å². The molecule has 0 aliphatic heterocycles. The van der Waals surface area contributed by atoms with E-state index < -0.39 is 0 Å². The molecular formula is C14H21NO. The van der Waals surface area contributed by atoms with Crippen molar-refractivity contribution >= 4 is 0 Å². The highest BCUT2D eigenvalue weighted by atomic mass is 16.5. The fraction of sp³-hybridized carbons (Fsp3) is 0.571.